The van der Waals surface area contributed by atoms with Crippen LogP contribution < -0.4 is 5.73 Å². The predicted octanol–water partition coefficient (Wildman–Crippen LogP) is 3.48. The minimum absolute atomic E-state index is 0.688. The highest BCUT2D eigenvalue weighted by Gasteiger charge is 2.11. The van der Waals surface area contributed by atoms with Crippen LogP contribution in [0.25, 0.3) is 10.9 Å². The summed E-state index contributed by atoms with van der Waals surface area (Å²) >= 11 is 9.70. The van der Waals surface area contributed by atoms with E-state index in [0.717, 1.165) is 33.5 Å². The van der Waals surface area contributed by atoms with E-state index in [0.29, 0.717) is 6.54 Å². The minimum Gasteiger partial charge on any atom is -0.345 e. The Labute approximate surface area is 102 Å². The molecule has 0 aliphatic carbocycles. The summed E-state index contributed by atoms with van der Waals surface area (Å²) in [7, 11) is 0. The van der Waals surface area contributed by atoms with Gasteiger partial charge in [-0.25, -0.2) is 0 Å². The number of nitrogens with one attached hydrogen (secondary N) is 1. The van der Waals surface area contributed by atoms with Crippen LogP contribution in [0.4, 0.5) is 0 Å². The van der Waals surface area contributed by atoms with Gasteiger partial charge in [0.15, 0.2) is 0 Å². The fraction of sp³-hybridized carbons (Fsp3) is 0.273. The van der Waals surface area contributed by atoms with Crippen LogP contribution >= 0.6 is 27.5 Å². The molecule has 1 heterocycles. The van der Waals surface area contributed by atoms with Crippen molar-refractivity contribution in [2.24, 2.45) is 5.73 Å². The van der Waals surface area contributed by atoms with E-state index in [1.54, 1.807) is 0 Å². The molecule has 2 rings (SSSR count). The lowest BCUT2D eigenvalue weighted by Gasteiger charge is -2.00. The van der Waals surface area contributed by atoms with Crippen molar-refractivity contribution in [2.45, 2.75) is 12.8 Å². The van der Waals surface area contributed by atoms with Crippen LogP contribution in [0, 0.1) is 0 Å². The van der Waals surface area contributed by atoms with Gasteiger partial charge in [0, 0.05) is 15.4 Å². The van der Waals surface area contributed by atoms with E-state index >= 15 is 0 Å². The van der Waals surface area contributed by atoms with Gasteiger partial charge in [0.1, 0.15) is 5.15 Å². The largest absolute Gasteiger partial charge is 0.345 e. The molecule has 0 saturated carbocycles. The Morgan fingerprint density at radius 3 is 2.93 bits per heavy atom. The summed E-state index contributed by atoms with van der Waals surface area (Å²) in [6.45, 7) is 0.688. The van der Waals surface area contributed by atoms with Gasteiger partial charge >= 0.3 is 0 Å². The molecular formula is C11H12BrClN2. The van der Waals surface area contributed by atoms with Crippen LogP contribution in [0.2, 0.25) is 5.15 Å². The third-order valence-electron chi connectivity index (χ3n) is 2.46. The molecule has 15 heavy (non-hydrogen) atoms. The Morgan fingerprint density at radius 1 is 1.40 bits per heavy atom. The van der Waals surface area contributed by atoms with Gasteiger partial charge in [-0.15, -0.1) is 0 Å². The molecule has 0 atom stereocenters. The van der Waals surface area contributed by atoms with Crippen molar-refractivity contribution in [3.05, 3.63) is 33.4 Å². The van der Waals surface area contributed by atoms with Crippen molar-refractivity contribution < 1.29 is 0 Å². The molecule has 2 aromatic rings. The van der Waals surface area contributed by atoms with Gasteiger partial charge in [-0.05, 0) is 37.1 Å². The number of aromatic nitrogens is 1. The van der Waals surface area contributed by atoms with Crippen molar-refractivity contribution in [3.8, 4) is 0 Å². The second kappa shape index (κ2) is 4.56. The van der Waals surface area contributed by atoms with Crippen molar-refractivity contribution in [1.82, 2.24) is 4.98 Å². The molecule has 0 amide bonds. The second-order valence-corrected chi connectivity index (χ2v) is 4.70. The number of nitrogens with two attached hydrogens (primary N) is 1. The first-order valence-corrected chi connectivity index (χ1v) is 6.05. The number of H-pyrrole nitrogens is 1. The normalized spacial score (nSPS) is 11.1. The molecule has 1 aromatic heterocycles. The molecule has 0 spiro atoms. The fourth-order valence-corrected chi connectivity index (χ4v) is 2.65. The number of halogens is 2. The molecule has 0 saturated heterocycles. The SMILES string of the molecule is NCCCc1c(Cl)[nH]c2cccc(Br)c12. The van der Waals surface area contributed by atoms with Gasteiger partial charge in [-0.2, -0.15) is 0 Å². The van der Waals surface area contributed by atoms with Gasteiger partial charge in [-0.3, -0.25) is 0 Å². The van der Waals surface area contributed by atoms with Gasteiger partial charge in [0.25, 0.3) is 0 Å². The van der Waals surface area contributed by atoms with E-state index in [1.807, 2.05) is 18.2 Å². The zero-order valence-corrected chi connectivity index (χ0v) is 10.5. The Morgan fingerprint density at radius 2 is 2.20 bits per heavy atom. The highest BCUT2D eigenvalue weighted by atomic mass is 79.9. The number of rotatable bonds is 3. The van der Waals surface area contributed by atoms with Gasteiger partial charge < -0.3 is 10.7 Å². The number of fused-ring (bicyclic) bond motifs is 1. The average Bonchev–Trinajstić information content (AvgIpc) is 2.53. The van der Waals surface area contributed by atoms with Crippen molar-refractivity contribution in [2.75, 3.05) is 6.54 Å². The summed E-state index contributed by atoms with van der Waals surface area (Å²) in [6.07, 6.45) is 1.87. The van der Waals surface area contributed by atoms with Crippen LogP contribution in [0.15, 0.2) is 22.7 Å². The molecule has 0 radical (unpaired) electrons. The molecule has 0 aliphatic rings. The van der Waals surface area contributed by atoms with Crippen molar-refractivity contribution >= 4 is 38.4 Å². The lowest BCUT2D eigenvalue weighted by atomic mass is 10.1. The molecular weight excluding hydrogens is 275 g/mol. The fourth-order valence-electron chi connectivity index (χ4n) is 1.75. The number of hydrogen-bond acceptors (Lipinski definition) is 1. The molecule has 1 aromatic carbocycles. The van der Waals surface area contributed by atoms with Gasteiger partial charge in [0.05, 0.1) is 0 Å². The maximum Gasteiger partial charge on any atom is 0.110 e. The lowest BCUT2D eigenvalue weighted by molar-refractivity contribution is 0.837. The predicted molar refractivity (Wildman–Crippen MR) is 68.4 cm³/mol. The maximum absolute atomic E-state index is 6.16. The zero-order chi connectivity index (χ0) is 10.8. The van der Waals surface area contributed by atoms with E-state index in [2.05, 4.69) is 20.9 Å². The molecule has 2 nitrogen and oxygen atoms in total. The van der Waals surface area contributed by atoms with Crippen LogP contribution in [-0.2, 0) is 6.42 Å². The quantitative estimate of drug-likeness (QED) is 0.892. The lowest BCUT2D eigenvalue weighted by Crippen LogP contribution is -2.00. The molecule has 0 aliphatic heterocycles. The first-order valence-electron chi connectivity index (χ1n) is 4.88. The average molecular weight is 288 g/mol. The third-order valence-corrected chi connectivity index (χ3v) is 3.44. The van der Waals surface area contributed by atoms with Crippen LogP contribution in [0.5, 0.6) is 0 Å². The molecule has 3 N–H and O–H groups in total. The standard InChI is InChI=1S/C11H12BrClN2/c12-8-4-1-5-9-10(8)7(3-2-6-14)11(13)15-9/h1,4-5,15H,2-3,6,14H2. The van der Waals surface area contributed by atoms with E-state index in [9.17, 15) is 0 Å². The summed E-state index contributed by atoms with van der Waals surface area (Å²) < 4.78 is 1.08. The van der Waals surface area contributed by atoms with Gasteiger partial charge in [-0.1, -0.05) is 33.6 Å². The van der Waals surface area contributed by atoms with E-state index in [1.165, 1.54) is 5.39 Å². The van der Waals surface area contributed by atoms with Crippen molar-refractivity contribution in [1.29, 1.82) is 0 Å². The Hall–Kier alpha value is -0.510. The first kappa shape index (κ1) is 11.0. The Bertz CT molecular complexity index is 479. The minimum atomic E-state index is 0.688. The van der Waals surface area contributed by atoms with E-state index in [4.69, 9.17) is 17.3 Å². The van der Waals surface area contributed by atoms with E-state index in [-0.39, 0.29) is 0 Å². The number of aryl methyl sites for hydroxylation is 1. The first-order chi connectivity index (χ1) is 7.24. The highest BCUT2D eigenvalue weighted by Crippen LogP contribution is 2.32. The highest BCUT2D eigenvalue weighted by molar-refractivity contribution is 9.10. The molecule has 4 heteroatoms. The number of benzene rings is 1. The Balaban J connectivity index is 2.55. The molecule has 0 fully saturated rings. The zero-order valence-electron chi connectivity index (χ0n) is 8.19. The van der Waals surface area contributed by atoms with Crippen molar-refractivity contribution in [3.63, 3.8) is 0 Å². The van der Waals surface area contributed by atoms with E-state index < -0.39 is 0 Å². The summed E-state index contributed by atoms with van der Waals surface area (Å²) in [5.41, 5.74) is 7.74. The number of hydrogen-bond donors (Lipinski definition) is 2. The summed E-state index contributed by atoms with van der Waals surface area (Å²) in [5.74, 6) is 0. The molecule has 0 unspecified atom stereocenters. The van der Waals surface area contributed by atoms with Crippen LogP contribution in [-0.4, -0.2) is 11.5 Å². The Kier molecular flexibility index (Phi) is 3.34. The summed E-state index contributed by atoms with van der Waals surface area (Å²) in [5, 5.41) is 1.90. The monoisotopic (exact) mass is 286 g/mol. The topological polar surface area (TPSA) is 41.8 Å². The maximum atomic E-state index is 6.16. The molecule has 80 valence electrons. The number of aromatic amines is 1. The summed E-state index contributed by atoms with van der Waals surface area (Å²) in [6, 6.07) is 6.04. The smallest absolute Gasteiger partial charge is 0.110 e. The second-order valence-electron chi connectivity index (χ2n) is 3.47. The summed E-state index contributed by atoms with van der Waals surface area (Å²) in [4.78, 5) is 3.17. The molecule has 0 bridgehead atoms. The van der Waals surface area contributed by atoms with Crippen LogP contribution in [0.1, 0.15) is 12.0 Å². The van der Waals surface area contributed by atoms with Gasteiger partial charge in [0.2, 0.25) is 0 Å². The third kappa shape index (κ3) is 2.05. The van der Waals surface area contributed by atoms with Crippen LogP contribution in [0.3, 0.4) is 0 Å².